The van der Waals surface area contributed by atoms with Gasteiger partial charge in [-0.25, -0.2) is 4.39 Å². The van der Waals surface area contributed by atoms with Crippen LogP contribution in [0.15, 0.2) is 67.3 Å². The highest BCUT2D eigenvalue weighted by Gasteiger charge is 2.62. The molecular formula is C35H37FO10S. The lowest BCUT2D eigenvalue weighted by Crippen LogP contribution is -2.67. The number of hydrogen-bond donors (Lipinski definition) is 0. The molecule has 5 unspecified atom stereocenters. The first kappa shape index (κ1) is 35.5. The maximum absolute atomic E-state index is 13.5. The van der Waals surface area contributed by atoms with E-state index in [2.05, 4.69) is 6.58 Å². The highest BCUT2D eigenvalue weighted by atomic mass is 32.1. The van der Waals surface area contributed by atoms with Gasteiger partial charge in [-0.15, -0.1) is 17.9 Å². The van der Waals surface area contributed by atoms with E-state index in [1.807, 2.05) is 31.2 Å². The van der Waals surface area contributed by atoms with Crippen molar-refractivity contribution in [3.05, 3.63) is 94.6 Å². The van der Waals surface area contributed by atoms with Crippen LogP contribution in [0.2, 0.25) is 0 Å². The minimum atomic E-state index is -1.95. The Kier molecular flexibility index (Phi) is 11.7. The van der Waals surface area contributed by atoms with Crippen LogP contribution in [0, 0.1) is 12.7 Å². The number of carbonyl (C=O) groups excluding carboxylic acids is 4. The molecule has 1 saturated heterocycles. The SMILES string of the molecule is C=CCOC1(c2ccc(C)c(Cc3ccc(-c4ccc(F)cc4)s3)c2)OC(COC(C)=O)C(OC(C)=O)C(OC(C)=O)C1OC(C)=O. The average Bonchev–Trinajstić information content (AvgIpc) is 3.47. The predicted molar refractivity (Wildman–Crippen MR) is 170 cm³/mol. The summed E-state index contributed by atoms with van der Waals surface area (Å²) in [5, 5.41) is 0. The summed E-state index contributed by atoms with van der Waals surface area (Å²) in [5.41, 5.74) is 3.11. The maximum Gasteiger partial charge on any atom is 0.303 e. The molecule has 0 bridgehead atoms. The summed E-state index contributed by atoms with van der Waals surface area (Å²) < 4.78 is 48.6. The molecule has 3 aromatic rings. The van der Waals surface area contributed by atoms with Crippen LogP contribution < -0.4 is 0 Å². The molecule has 0 amide bonds. The molecule has 1 aliphatic rings. The first-order chi connectivity index (χ1) is 22.3. The van der Waals surface area contributed by atoms with Gasteiger partial charge in [0.2, 0.25) is 11.9 Å². The molecule has 0 radical (unpaired) electrons. The summed E-state index contributed by atoms with van der Waals surface area (Å²) in [5.74, 6) is -5.13. The quantitative estimate of drug-likeness (QED) is 0.138. The average molecular weight is 669 g/mol. The Balaban J connectivity index is 1.84. The zero-order chi connectivity index (χ0) is 34.3. The molecule has 2 aromatic carbocycles. The molecule has 5 atom stereocenters. The Hall–Kier alpha value is -4.39. The van der Waals surface area contributed by atoms with E-state index in [-0.39, 0.29) is 12.4 Å². The smallest absolute Gasteiger partial charge is 0.303 e. The standard InChI is InChI=1S/C35H37FO10S/c1-7-16-42-35(27-11-8-20(2)26(17-27)18-29-14-15-31(47-29)25-9-12-28(36)13-10-25)34(45-24(6)40)33(44-23(5)39)32(43-22(4)38)30(46-35)19-41-21(3)37/h7-15,17,30,32-34H,1,16,18-19H2,2-6H3. The van der Waals surface area contributed by atoms with Crippen molar-refractivity contribution in [3.8, 4) is 10.4 Å². The van der Waals surface area contributed by atoms with Crippen LogP contribution in [0.4, 0.5) is 4.39 Å². The van der Waals surface area contributed by atoms with Gasteiger partial charge in [0, 0.05) is 49.4 Å². The van der Waals surface area contributed by atoms with Gasteiger partial charge in [0.1, 0.15) is 18.5 Å². The number of ether oxygens (including phenoxy) is 6. The van der Waals surface area contributed by atoms with E-state index in [9.17, 15) is 23.6 Å². The summed E-state index contributed by atoms with van der Waals surface area (Å²) in [6, 6.07) is 15.7. The summed E-state index contributed by atoms with van der Waals surface area (Å²) >= 11 is 1.56. The third kappa shape index (κ3) is 8.70. The Labute approximate surface area is 276 Å². The second kappa shape index (κ2) is 15.5. The van der Waals surface area contributed by atoms with E-state index < -0.39 is 60.7 Å². The van der Waals surface area contributed by atoms with Crippen molar-refractivity contribution in [1.29, 1.82) is 0 Å². The summed E-state index contributed by atoms with van der Waals surface area (Å²) in [7, 11) is 0. The van der Waals surface area contributed by atoms with Crippen LogP contribution in [0.1, 0.15) is 49.3 Å². The molecule has 12 heteroatoms. The zero-order valence-corrected chi connectivity index (χ0v) is 27.6. The fraction of sp³-hybridized carbons (Fsp3) is 0.371. The molecule has 2 heterocycles. The van der Waals surface area contributed by atoms with Gasteiger partial charge in [-0.2, -0.15) is 0 Å². The number of esters is 4. The second-order valence-electron chi connectivity index (χ2n) is 11.0. The molecule has 10 nitrogen and oxygen atoms in total. The lowest BCUT2D eigenvalue weighted by molar-refractivity contribution is -0.372. The molecule has 0 saturated carbocycles. The molecule has 0 N–H and O–H groups in total. The van der Waals surface area contributed by atoms with E-state index in [1.54, 1.807) is 29.5 Å². The van der Waals surface area contributed by atoms with Crippen molar-refractivity contribution in [1.82, 2.24) is 0 Å². The minimum Gasteiger partial charge on any atom is -0.463 e. The van der Waals surface area contributed by atoms with Crippen molar-refractivity contribution in [2.75, 3.05) is 13.2 Å². The summed E-state index contributed by atoms with van der Waals surface area (Å²) in [4.78, 5) is 51.1. The fourth-order valence-electron chi connectivity index (χ4n) is 5.39. The Bertz CT molecular complexity index is 1620. The van der Waals surface area contributed by atoms with Crippen LogP contribution in [0.3, 0.4) is 0 Å². The lowest BCUT2D eigenvalue weighted by Gasteiger charge is -2.50. The van der Waals surface area contributed by atoms with Crippen molar-refractivity contribution in [3.63, 3.8) is 0 Å². The topological polar surface area (TPSA) is 124 Å². The molecule has 4 rings (SSSR count). The number of carbonyl (C=O) groups is 4. The third-order valence-electron chi connectivity index (χ3n) is 7.36. The summed E-state index contributed by atoms with van der Waals surface area (Å²) in [6.07, 6.45) is -3.51. The van der Waals surface area contributed by atoms with E-state index >= 15 is 0 Å². The largest absolute Gasteiger partial charge is 0.463 e. The molecular weight excluding hydrogens is 631 g/mol. The molecule has 1 aliphatic heterocycles. The van der Waals surface area contributed by atoms with E-state index in [0.717, 1.165) is 40.3 Å². The van der Waals surface area contributed by atoms with Crippen LogP contribution in [-0.4, -0.2) is 61.5 Å². The normalized spacial score (nSPS) is 22.2. The Morgan fingerprint density at radius 3 is 2.17 bits per heavy atom. The maximum atomic E-state index is 13.5. The first-order valence-electron chi connectivity index (χ1n) is 14.8. The molecule has 1 fully saturated rings. The van der Waals surface area contributed by atoms with Gasteiger partial charge < -0.3 is 28.4 Å². The van der Waals surface area contributed by atoms with Crippen LogP contribution in [0.25, 0.3) is 10.4 Å². The second-order valence-corrected chi connectivity index (χ2v) is 12.2. The lowest BCUT2D eigenvalue weighted by atomic mass is 9.85. The monoisotopic (exact) mass is 668 g/mol. The number of benzene rings is 2. The van der Waals surface area contributed by atoms with Crippen molar-refractivity contribution >= 4 is 35.2 Å². The van der Waals surface area contributed by atoms with Gasteiger partial charge in [0.15, 0.2) is 12.2 Å². The highest BCUT2D eigenvalue weighted by molar-refractivity contribution is 7.15. The van der Waals surface area contributed by atoms with Crippen LogP contribution >= 0.6 is 11.3 Å². The molecule has 47 heavy (non-hydrogen) atoms. The van der Waals surface area contributed by atoms with E-state index in [0.29, 0.717) is 12.0 Å². The van der Waals surface area contributed by atoms with Crippen LogP contribution in [-0.2, 0) is 59.8 Å². The molecule has 0 aliphatic carbocycles. The fourth-order valence-corrected chi connectivity index (χ4v) is 6.43. The first-order valence-corrected chi connectivity index (χ1v) is 15.7. The number of rotatable bonds is 12. The number of aryl methyl sites for hydroxylation is 1. The van der Waals surface area contributed by atoms with E-state index in [1.165, 1.54) is 32.1 Å². The Morgan fingerprint density at radius 1 is 0.894 bits per heavy atom. The van der Waals surface area contributed by atoms with Crippen molar-refractivity contribution < 1.29 is 52.0 Å². The third-order valence-corrected chi connectivity index (χ3v) is 8.49. The number of halogens is 1. The van der Waals surface area contributed by atoms with Crippen LogP contribution in [0.5, 0.6) is 0 Å². The number of thiophene rings is 1. The zero-order valence-electron chi connectivity index (χ0n) is 26.8. The Morgan fingerprint density at radius 2 is 1.55 bits per heavy atom. The molecule has 250 valence electrons. The minimum absolute atomic E-state index is 0.0990. The van der Waals surface area contributed by atoms with Gasteiger partial charge in [-0.05, 0) is 53.9 Å². The summed E-state index contributed by atoms with van der Waals surface area (Å²) in [6.45, 7) is 9.87. The van der Waals surface area contributed by atoms with E-state index in [4.69, 9.17) is 28.4 Å². The molecule has 0 spiro atoms. The van der Waals surface area contributed by atoms with Gasteiger partial charge in [0.05, 0.1) is 6.61 Å². The van der Waals surface area contributed by atoms with Gasteiger partial charge >= 0.3 is 23.9 Å². The van der Waals surface area contributed by atoms with Gasteiger partial charge in [-0.3, -0.25) is 19.2 Å². The van der Waals surface area contributed by atoms with Crippen molar-refractivity contribution in [2.24, 2.45) is 0 Å². The number of hydrogen-bond acceptors (Lipinski definition) is 11. The van der Waals surface area contributed by atoms with Crippen molar-refractivity contribution in [2.45, 2.75) is 71.2 Å². The predicted octanol–water partition coefficient (Wildman–Crippen LogP) is 5.57. The highest BCUT2D eigenvalue weighted by Crippen LogP contribution is 2.44. The molecule has 1 aromatic heterocycles. The van der Waals surface area contributed by atoms with Gasteiger partial charge in [0.25, 0.3) is 0 Å². The van der Waals surface area contributed by atoms with Gasteiger partial charge in [-0.1, -0.05) is 30.3 Å².